The molecule has 0 aromatic heterocycles. The summed E-state index contributed by atoms with van der Waals surface area (Å²) >= 11 is 0. The van der Waals surface area contributed by atoms with Crippen molar-refractivity contribution in [3.05, 3.63) is 201 Å². The van der Waals surface area contributed by atoms with Crippen molar-refractivity contribution in [3.8, 4) is 33.4 Å². The summed E-state index contributed by atoms with van der Waals surface area (Å²) in [5.74, 6) is 0. The Labute approximate surface area is 530 Å². The van der Waals surface area contributed by atoms with Gasteiger partial charge in [0.1, 0.15) is 12.2 Å². The van der Waals surface area contributed by atoms with Crippen molar-refractivity contribution < 1.29 is 23.2 Å². The van der Waals surface area contributed by atoms with Gasteiger partial charge in [-0.25, -0.2) is 0 Å². The number of unbranched alkanes of at least 4 members (excludes halogenated alkanes) is 22. The monoisotopic (exact) mass is 1190 g/mol. The smallest absolute Gasteiger partial charge is 0.384 e. The minimum Gasteiger partial charge on any atom is -0.384 e. The molecule has 2 atom stereocenters. The van der Waals surface area contributed by atoms with Crippen LogP contribution in [0, 0.1) is 13.8 Å². The highest BCUT2D eigenvalue weighted by Crippen LogP contribution is 2.47. The van der Waals surface area contributed by atoms with Gasteiger partial charge in [-0.15, -0.1) is 0 Å². The molecule has 0 spiro atoms. The summed E-state index contributed by atoms with van der Waals surface area (Å²) in [6.45, 7) is 13.5. The molecule has 0 heterocycles. The van der Waals surface area contributed by atoms with Gasteiger partial charge in [-0.2, -0.15) is 0 Å². The first-order valence-corrected chi connectivity index (χ1v) is 34.7. The van der Waals surface area contributed by atoms with Gasteiger partial charge in [0.05, 0.1) is 0 Å². The molecular formula is C82H106BF3O2. The number of rotatable bonds is 37. The Bertz CT molecular complexity index is 3270. The summed E-state index contributed by atoms with van der Waals surface area (Å²) in [4.78, 5) is 0. The Morgan fingerprint density at radius 1 is 0.318 bits per heavy atom. The summed E-state index contributed by atoms with van der Waals surface area (Å²) in [6, 6.07) is 54.9. The molecule has 6 heteroatoms. The van der Waals surface area contributed by atoms with Gasteiger partial charge in [0.15, 0.2) is 0 Å². The number of fused-ring (bicyclic) bond motifs is 2. The van der Waals surface area contributed by atoms with Crippen LogP contribution in [0.3, 0.4) is 0 Å². The first-order valence-electron chi connectivity index (χ1n) is 34.7. The van der Waals surface area contributed by atoms with Gasteiger partial charge in [-0.05, 0) is 182 Å². The Hall–Kier alpha value is -5.95. The third-order valence-corrected chi connectivity index (χ3v) is 18.5. The highest BCUT2D eigenvalue weighted by atomic mass is 19.4. The number of halogens is 3. The van der Waals surface area contributed by atoms with E-state index < -0.39 is 19.8 Å². The number of aryl methyl sites for hydroxylation is 6. The Kier molecular flexibility index (Phi) is 30.0. The van der Waals surface area contributed by atoms with E-state index in [0.29, 0.717) is 0 Å². The number of aliphatic hydroxyl groups is 2. The Balaban J connectivity index is 0.00000268. The predicted octanol–water partition coefficient (Wildman–Crippen LogP) is 25.0. The molecule has 0 bridgehead atoms. The second-order valence-electron chi connectivity index (χ2n) is 25.6. The second kappa shape index (κ2) is 37.9. The molecule has 8 aromatic rings. The Morgan fingerprint density at radius 2 is 0.625 bits per heavy atom. The number of benzene rings is 8. The van der Waals surface area contributed by atoms with E-state index in [0.717, 1.165) is 64.6 Å². The van der Waals surface area contributed by atoms with Crippen LogP contribution in [0.2, 0.25) is 0 Å². The molecule has 0 radical (unpaired) electrons. The average molecular weight is 1190 g/mol. The molecule has 0 saturated carbocycles. The minimum atomic E-state index is -3.67. The van der Waals surface area contributed by atoms with Crippen LogP contribution >= 0.6 is 0 Å². The summed E-state index contributed by atoms with van der Waals surface area (Å²) < 4.78 is 29.0. The maximum Gasteiger partial charge on any atom is 0.762 e. The molecular weight excluding hydrogens is 1080 g/mol. The maximum absolute atomic E-state index is 12.8. The summed E-state index contributed by atoms with van der Waals surface area (Å²) in [6.07, 6.45) is 36.4. The van der Waals surface area contributed by atoms with Crippen molar-refractivity contribution in [3.63, 3.8) is 0 Å². The average Bonchev–Trinajstić information content (AvgIpc) is 0.845. The van der Waals surface area contributed by atoms with Crippen LogP contribution in [0.15, 0.2) is 146 Å². The molecule has 470 valence electrons. The SMILES string of the molecule is CCCCCCCCCCc1ccc(C(O)c2cc(-c3ccc4c(-c5ccc(CCCCCCC)cc5)c5cc(C)ccc5c(-c5ccc(CCCCCCC)cc5)c4c3)c(C(O)c3ccc(CCCCCCCCCC)cc3)cc2C)cc1.FB(F)F. The lowest BCUT2D eigenvalue weighted by Crippen LogP contribution is -2.08. The van der Waals surface area contributed by atoms with Crippen molar-refractivity contribution in [1.29, 1.82) is 0 Å². The lowest BCUT2D eigenvalue weighted by molar-refractivity contribution is 0.216. The van der Waals surface area contributed by atoms with E-state index in [9.17, 15) is 23.2 Å². The van der Waals surface area contributed by atoms with E-state index in [1.165, 1.54) is 239 Å². The van der Waals surface area contributed by atoms with E-state index in [1.807, 2.05) is 0 Å². The summed E-state index contributed by atoms with van der Waals surface area (Å²) in [5, 5.41) is 30.2. The minimum absolute atomic E-state index is 0.831. The molecule has 0 aliphatic rings. The molecule has 0 aliphatic carbocycles. The van der Waals surface area contributed by atoms with Crippen LogP contribution in [0.4, 0.5) is 12.9 Å². The van der Waals surface area contributed by atoms with E-state index in [-0.39, 0.29) is 0 Å². The predicted molar refractivity (Wildman–Crippen MR) is 375 cm³/mol. The van der Waals surface area contributed by atoms with Crippen molar-refractivity contribution in [2.75, 3.05) is 0 Å². The molecule has 2 unspecified atom stereocenters. The van der Waals surface area contributed by atoms with E-state index in [2.05, 4.69) is 187 Å². The first-order chi connectivity index (χ1) is 42.9. The standard InChI is InChI=1S/C82H106O2.BF3/c1-7-11-15-19-21-23-27-31-35-65-42-50-69(51-43-65)81(83)74-60-75(78(58-62(74)6)82(84)70-52-44-66(45-53-70)36-32-28-24-22-20-16-12-8-2)71-54-56-73-77(59-71)80(68-48-40-64(41-49-68)34-30-26-18-14-10-4)72-55-37-61(5)57-76(72)79(73)67-46-38-63(39-47-67)33-29-25-17-13-9-3;2-1(3)4/h37-60,81-84H,7-36H2,1-6H3;. The molecule has 0 amide bonds. The molecule has 0 fully saturated rings. The van der Waals surface area contributed by atoms with Crippen molar-refractivity contribution in [2.24, 2.45) is 0 Å². The summed E-state index contributed by atoms with van der Waals surface area (Å²) in [7, 11) is -3.67. The lowest BCUT2D eigenvalue weighted by Gasteiger charge is -2.23. The molecule has 2 N–H and O–H groups in total. The number of aliphatic hydroxyl groups excluding tert-OH is 2. The molecule has 88 heavy (non-hydrogen) atoms. The van der Waals surface area contributed by atoms with Gasteiger partial charge in [0, 0.05) is 0 Å². The normalized spacial score (nSPS) is 12.2. The molecule has 0 aliphatic heterocycles. The van der Waals surface area contributed by atoms with E-state index in [4.69, 9.17) is 0 Å². The molecule has 0 saturated heterocycles. The van der Waals surface area contributed by atoms with E-state index in [1.54, 1.807) is 0 Å². The van der Waals surface area contributed by atoms with Crippen LogP contribution < -0.4 is 0 Å². The second-order valence-corrected chi connectivity index (χ2v) is 25.6. The van der Waals surface area contributed by atoms with Gasteiger partial charge in [0.25, 0.3) is 0 Å². The topological polar surface area (TPSA) is 40.5 Å². The zero-order valence-corrected chi connectivity index (χ0v) is 54.8. The Morgan fingerprint density at radius 3 is 1.00 bits per heavy atom. The van der Waals surface area contributed by atoms with Crippen molar-refractivity contribution in [1.82, 2.24) is 0 Å². The highest BCUT2D eigenvalue weighted by molar-refractivity contribution is 6.33. The quantitative estimate of drug-likeness (QED) is 0.0231. The van der Waals surface area contributed by atoms with Gasteiger partial charge in [-0.1, -0.05) is 308 Å². The number of hydrogen-bond acceptors (Lipinski definition) is 2. The third-order valence-electron chi connectivity index (χ3n) is 18.5. The first kappa shape index (κ1) is 69.5. The highest BCUT2D eigenvalue weighted by Gasteiger charge is 2.24. The molecule has 8 aromatic carbocycles. The fourth-order valence-corrected chi connectivity index (χ4v) is 13.2. The largest absolute Gasteiger partial charge is 0.762 e. The maximum atomic E-state index is 12.8. The third kappa shape index (κ3) is 21.1. The molecule has 2 nitrogen and oxygen atoms in total. The van der Waals surface area contributed by atoms with Crippen LogP contribution in [-0.4, -0.2) is 17.8 Å². The van der Waals surface area contributed by atoms with Gasteiger partial charge >= 0.3 is 7.54 Å². The van der Waals surface area contributed by atoms with E-state index >= 15 is 0 Å². The van der Waals surface area contributed by atoms with Gasteiger partial charge < -0.3 is 10.2 Å². The van der Waals surface area contributed by atoms with Crippen molar-refractivity contribution in [2.45, 2.75) is 246 Å². The molecule has 8 rings (SSSR count). The fourth-order valence-electron chi connectivity index (χ4n) is 13.2. The van der Waals surface area contributed by atoms with Crippen LogP contribution in [-0.2, 0) is 25.7 Å². The van der Waals surface area contributed by atoms with Crippen LogP contribution in [0.25, 0.3) is 54.9 Å². The zero-order chi connectivity index (χ0) is 62.5. The van der Waals surface area contributed by atoms with Gasteiger partial charge in [0.2, 0.25) is 0 Å². The number of hydrogen-bond donors (Lipinski definition) is 2. The van der Waals surface area contributed by atoms with Crippen LogP contribution in [0.5, 0.6) is 0 Å². The lowest BCUT2D eigenvalue weighted by atomic mass is 9.82. The van der Waals surface area contributed by atoms with Crippen LogP contribution in [0.1, 0.15) is 262 Å². The zero-order valence-electron chi connectivity index (χ0n) is 54.8. The van der Waals surface area contributed by atoms with Crippen molar-refractivity contribution >= 4 is 29.1 Å². The summed E-state index contributed by atoms with van der Waals surface area (Å²) in [5.41, 5.74) is 18.1. The fraction of sp³-hybridized carbons (Fsp3) is 0.463. The van der Waals surface area contributed by atoms with Gasteiger partial charge in [-0.3, -0.25) is 12.9 Å².